The highest BCUT2D eigenvalue weighted by molar-refractivity contribution is 5.93. The Morgan fingerprint density at radius 3 is 2.29 bits per heavy atom. The molecule has 7 nitrogen and oxygen atoms in total. The SMILES string of the molecule is COc1cc(CN(CCc2ccccc2)C(=O)c2cc(N)n[nH]2)cc(OC)c1. The van der Waals surface area contributed by atoms with Crippen molar-refractivity contribution in [2.75, 3.05) is 26.5 Å². The normalized spacial score (nSPS) is 10.5. The van der Waals surface area contributed by atoms with Crippen LogP contribution in [0.15, 0.2) is 54.6 Å². The van der Waals surface area contributed by atoms with E-state index < -0.39 is 0 Å². The van der Waals surface area contributed by atoms with Crippen LogP contribution >= 0.6 is 0 Å². The number of carbonyl (C=O) groups excluding carboxylic acids is 1. The van der Waals surface area contributed by atoms with Crippen molar-refractivity contribution in [2.24, 2.45) is 0 Å². The molecule has 0 saturated heterocycles. The Bertz CT molecular complexity index is 902. The first kappa shape index (κ1) is 19.3. The summed E-state index contributed by atoms with van der Waals surface area (Å²) in [5.74, 6) is 1.47. The molecule has 146 valence electrons. The van der Waals surface area contributed by atoms with Gasteiger partial charge in [0.25, 0.3) is 5.91 Å². The number of methoxy groups -OCH3 is 2. The molecular formula is C21H24N4O3. The van der Waals surface area contributed by atoms with Gasteiger partial charge in [-0.25, -0.2) is 0 Å². The monoisotopic (exact) mass is 380 g/mol. The molecule has 0 bridgehead atoms. The average molecular weight is 380 g/mol. The first-order valence-electron chi connectivity index (χ1n) is 8.95. The quantitative estimate of drug-likeness (QED) is 0.627. The lowest BCUT2D eigenvalue weighted by molar-refractivity contribution is 0.0739. The van der Waals surface area contributed by atoms with Gasteiger partial charge < -0.3 is 20.1 Å². The van der Waals surface area contributed by atoms with Crippen molar-refractivity contribution in [1.29, 1.82) is 0 Å². The minimum Gasteiger partial charge on any atom is -0.497 e. The van der Waals surface area contributed by atoms with Crippen molar-refractivity contribution >= 4 is 11.7 Å². The second-order valence-electron chi connectivity index (χ2n) is 6.39. The molecule has 0 aliphatic rings. The molecule has 0 unspecified atom stereocenters. The highest BCUT2D eigenvalue weighted by Crippen LogP contribution is 2.24. The number of anilines is 1. The van der Waals surface area contributed by atoms with Gasteiger partial charge in [0.05, 0.1) is 14.2 Å². The molecule has 3 rings (SSSR count). The van der Waals surface area contributed by atoms with Crippen LogP contribution in [0.4, 0.5) is 5.82 Å². The molecule has 0 aliphatic carbocycles. The zero-order valence-corrected chi connectivity index (χ0v) is 16.0. The first-order valence-corrected chi connectivity index (χ1v) is 8.95. The number of nitrogen functional groups attached to an aromatic ring is 1. The molecule has 3 aromatic rings. The molecule has 0 saturated carbocycles. The lowest BCUT2D eigenvalue weighted by atomic mass is 10.1. The summed E-state index contributed by atoms with van der Waals surface area (Å²) < 4.78 is 10.7. The number of nitrogens with two attached hydrogens (primary N) is 1. The summed E-state index contributed by atoms with van der Waals surface area (Å²) in [5, 5.41) is 6.56. The number of rotatable bonds is 8. The molecule has 7 heteroatoms. The van der Waals surface area contributed by atoms with Crippen molar-refractivity contribution < 1.29 is 14.3 Å². The maximum atomic E-state index is 13.0. The van der Waals surface area contributed by atoms with Crippen molar-refractivity contribution in [2.45, 2.75) is 13.0 Å². The van der Waals surface area contributed by atoms with Gasteiger partial charge in [-0.3, -0.25) is 9.89 Å². The minimum absolute atomic E-state index is 0.165. The van der Waals surface area contributed by atoms with Crippen LogP contribution in [0.25, 0.3) is 0 Å². The van der Waals surface area contributed by atoms with E-state index >= 15 is 0 Å². The predicted octanol–water partition coefficient (Wildman–Crippen LogP) is 2.89. The lowest BCUT2D eigenvalue weighted by Gasteiger charge is -2.23. The Morgan fingerprint density at radius 1 is 1.04 bits per heavy atom. The third-order valence-corrected chi connectivity index (χ3v) is 4.41. The number of aromatic amines is 1. The number of carbonyl (C=O) groups is 1. The van der Waals surface area contributed by atoms with Gasteiger partial charge in [-0.05, 0) is 29.7 Å². The number of aromatic nitrogens is 2. The maximum Gasteiger partial charge on any atom is 0.272 e. The molecule has 2 aromatic carbocycles. The minimum atomic E-state index is -0.165. The molecule has 1 heterocycles. The molecule has 1 aromatic heterocycles. The van der Waals surface area contributed by atoms with E-state index in [1.165, 1.54) is 0 Å². The van der Waals surface area contributed by atoms with E-state index in [4.69, 9.17) is 15.2 Å². The van der Waals surface area contributed by atoms with Gasteiger partial charge in [0, 0.05) is 25.2 Å². The van der Waals surface area contributed by atoms with Gasteiger partial charge in [-0.1, -0.05) is 30.3 Å². The van der Waals surface area contributed by atoms with Crippen molar-refractivity contribution in [3.63, 3.8) is 0 Å². The van der Waals surface area contributed by atoms with Gasteiger partial charge in [-0.15, -0.1) is 0 Å². The van der Waals surface area contributed by atoms with Crippen LogP contribution in [0.3, 0.4) is 0 Å². The van der Waals surface area contributed by atoms with E-state index in [0.29, 0.717) is 30.3 Å². The molecular weight excluding hydrogens is 356 g/mol. The fourth-order valence-corrected chi connectivity index (χ4v) is 2.96. The highest BCUT2D eigenvalue weighted by Gasteiger charge is 2.19. The zero-order valence-electron chi connectivity index (χ0n) is 16.0. The van der Waals surface area contributed by atoms with Crippen LogP contribution < -0.4 is 15.2 Å². The van der Waals surface area contributed by atoms with Gasteiger partial charge in [0.2, 0.25) is 0 Å². The summed E-state index contributed by atoms with van der Waals surface area (Å²) in [6.07, 6.45) is 0.733. The molecule has 0 atom stereocenters. The van der Waals surface area contributed by atoms with Crippen LogP contribution in [-0.2, 0) is 13.0 Å². The summed E-state index contributed by atoms with van der Waals surface area (Å²) in [6, 6.07) is 17.2. The molecule has 0 fully saturated rings. The molecule has 0 radical (unpaired) electrons. The Hall–Kier alpha value is -3.48. The number of nitrogens with zero attached hydrogens (tertiary/aromatic N) is 2. The number of hydrogen-bond acceptors (Lipinski definition) is 5. The van der Waals surface area contributed by atoms with Crippen LogP contribution in [0.5, 0.6) is 11.5 Å². The number of ether oxygens (including phenoxy) is 2. The largest absolute Gasteiger partial charge is 0.497 e. The Labute approximate surface area is 164 Å². The Balaban J connectivity index is 1.84. The van der Waals surface area contributed by atoms with Crippen molar-refractivity contribution in [3.8, 4) is 11.5 Å². The van der Waals surface area contributed by atoms with E-state index in [1.54, 1.807) is 31.3 Å². The Kier molecular flexibility index (Phi) is 6.16. The third kappa shape index (κ3) is 4.82. The van der Waals surface area contributed by atoms with E-state index in [1.807, 2.05) is 42.5 Å². The summed E-state index contributed by atoms with van der Waals surface area (Å²) in [6.45, 7) is 0.944. The van der Waals surface area contributed by atoms with Gasteiger partial charge in [-0.2, -0.15) is 5.10 Å². The molecule has 0 aliphatic heterocycles. The Morgan fingerprint density at radius 2 is 1.71 bits per heavy atom. The van der Waals surface area contributed by atoms with Crippen LogP contribution in [0.2, 0.25) is 0 Å². The number of benzene rings is 2. The second kappa shape index (κ2) is 8.94. The standard InChI is InChI=1S/C21H24N4O3/c1-27-17-10-16(11-18(12-17)28-2)14-25(9-8-15-6-4-3-5-7-15)21(26)19-13-20(22)24-23-19/h3-7,10-13H,8-9,14H2,1-2H3,(H3,22,23,24). The summed E-state index contributed by atoms with van der Waals surface area (Å²) in [5.41, 5.74) is 8.09. The average Bonchev–Trinajstić information content (AvgIpc) is 3.17. The van der Waals surface area contributed by atoms with E-state index in [-0.39, 0.29) is 11.7 Å². The molecule has 1 amide bonds. The topological polar surface area (TPSA) is 93.5 Å². The smallest absolute Gasteiger partial charge is 0.272 e. The van der Waals surface area contributed by atoms with Crippen molar-refractivity contribution in [1.82, 2.24) is 15.1 Å². The van der Waals surface area contributed by atoms with E-state index in [0.717, 1.165) is 17.5 Å². The number of nitrogens with one attached hydrogen (secondary N) is 1. The number of hydrogen-bond donors (Lipinski definition) is 2. The van der Waals surface area contributed by atoms with Gasteiger partial charge in [0.1, 0.15) is 23.0 Å². The molecule has 28 heavy (non-hydrogen) atoms. The highest BCUT2D eigenvalue weighted by atomic mass is 16.5. The van der Waals surface area contributed by atoms with E-state index in [2.05, 4.69) is 10.2 Å². The number of H-pyrrole nitrogens is 1. The summed E-state index contributed by atoms with van der Waals surface area (Å²) in [4.78, 5) is 14.8. The second-order valence-corrected chi connectivity index (χ2v) is 6.39. The molecule has 0 spiro atoms. The third-order valence-electron chi connectivity index (χ3n) is 4.41. The van der Waals surface area contributed by atoms with Gasteiger partial charge >= 0.3 is 0 Å². The number of amides is 1. The molecule has 3 N–H and O–H groups in total. The zero-order chi connectivity index (χ0) is 19.9. The maximum absolute atomic E-state index is 13.0. The fraction of sp³-hybridized carbons (Fsp3) is 0.238. The summed E-state index contributed by atoms with van der Waals surface area (Å²) >= 11 is 0. The fourth-order valence-electron chi connectivity index (χ4n) is 2.96. The predicted molar refractivity (Wildman–Crippen MR) is 107 cm³/mol. The van der Waals surface area contributed by atoms with Crippen LogP contribution in [-0.4, -0.2) is 41.8 Å². The van der Waals surface area contributed by atoms with Crippen LogP contribution in [0.1, 0.15) is 21.6 Å². The van der Waals surface area contributed by atoms with Gasteiger partial charge in [0.15, 0.2) is 0 Å². The van der Waals surface area contributed by atoms with Crippen molar-refractivity contribution in [3.05, 3.63) is 71.4 Å². The first-order chi connectivity index (χ1) is 13.6. The van der Waals surface area contributed by atoms with Crippen LogP contribution in [0, 0.1) is 0 Å². The van der Waals surface area contributed by atoms with E-state index in [9.17, 15) is 4.79 Å². The lowest BCUT2D eigenvalue weighted by Crippen LogP contribution is -2.32. The summed E-state index contributed by atoms with van der Waals surface area (Å²) in [7, 11) is 3.20.